The molecule has 0 aliphatic rings. The van der Waals surface area contributed by atoms with Crippen molar-refractivity contribution < 1.29 is 57.8 Å². The van der Waals surface area contributed by atoms with E-state index in [4.69, 9.17) is 22.9 Å². The summed E-state index contributed by atoms with van der Waals surface area (Å²) in [6.07, 6.45) is 2.64. The Kier molecular flexibility index (Phi) is 32.7. The fourth-order valence-electron chi connectivity index (χ4n) is 8.89. The summed E-state index contributed by atoms with van der Waals surface area (Å²) in [6, 6.07) is 12.6. The number of aliphatic carboxylic acids is 1. The van der Waals surface area contributed by atoms with Crippen molar-refractivity contribution in [3.05, 3.63) is 107 Å². The molecule has 0 aromatic heterocycles. The summed E-state index contributed by atoms with van der Waals surface area (Å²) in [6.45, 7) is 6.87. The van der Waals surface area contributed by atoms with E-state index in [-0.39, 0.29) is 63.8 Å². The molecule has 9 atom stereocenters. The van der Waals surface area contributed by atoms with Gasteiger partial charge in [-0.1, -0.05) is 104 Å². The van der Waals surface area contributed by atoms with Gasteiger partial charge in [-0.2, -0.15) is 11.8 Å². The smallest absolute Gasteiger partial charge is 0.305 e. The van der Waals surface area contributed by atoms with E-state index in [1.807, 2.05) is 39.2 Å². The molecule has 0 saturated carbocycles. The molecule has 0 bridgehead atoms. The molecule has 18 N–H and O–H groups in total. The Labute approximate surface area is 507 Å². The Bertz CT molecular complexity index is 2690. The van der Waals surface area contributed by atoms with Crippen LogP contribution in [0, 0.1) is 12.8 Å². The lowest BCUT2D eigenvalue weighted by molar-refractivity contribution is -0.141. The predicted molar refractivity (Wildman–Crippen MR) is 327 cm³/mol. The molecule has 25 nitrogen and oxygen atoms in total. The van der Waals surface area contributed by atoms with Gasteiger partial charge < -0.3 is 75.9 Å². The summed E-state index contributed by atoms with van der Waals surface area (Å²) in [4.78, 5) is 150. The highest BCUT2D eigenvalue weighted by atomic mass is 32.2. The van der Waals surface area contributed by atoms with Gasteiger partial charge in [0.1, 0.15) is 48.3 Å². The minimum absolute atomic E-state index is 0.0719. The Morgan fingerprint density at radius 2 is 0.872 bits per heavy atom. The number of primary amides is 1. The Morgan fingerprint density at radius 1 is 0.477 bits per heavy atom. The van der Waals surface area contributed by atoms with E-state index in [9.17, 15) is 57.8 Å². The van der Waals surface area contributed by atoms with E-state index >= 15 is 0 Å². The summed E-state index contributed by atoms with van der Waals surface area (Å²) in [7, 11) is 0. The van der Waals surface area contributed by atoms with Crippen LogP contribution in [0.25, 0.3) is 0 Å². The molecule has 3 rings (SSSR count). The molecular weight excluding hydrogens is 1130 g/mol. The van der Waals surface area contributed by atoms with Crippen LogP contribution >= 0.6 is 11.8 Å². The highest BCUT2D eigenvalue weighted by Crippen LogP contribution is 2.13. The van der Waals surface area contributed by atoms with Crippen LogP contribution < -0.4 is 70.8 Å². The lowest BCUT2D eigenvalue weighted by Gasteiger charge is -2.28. The average molecular weight is 1220 g/mol. The van der Waals surface area contributed by atoms with Gasteiger partial charge in [-0.05, 0) is 113 Å². The van der Waals surface area contributed by atoms with Crippen molar-refractivity contribution in [2.24, 2.45) is 28.9 Å². The largest absolute Gasteiger partial charge is 0.481 e. The van der Waals surface area contributed by atoms with Crippen molar-refractivity contribution in [3.63, 3.8) is 0 Å². The minimum Gasteiger partial charge on any atom is -0.481 e. The summed E-state index contributed by atoms with van der Waals surface area (Å²) >= 11 is 1.46. The number of carboxylic acids is 1. The number of nitrogens with two attached hydrogens (primary N) is 4. The number of hydrogen-bond acceptors (Lipinski definition) is 15. The van der Waals surface area contributed by atoms with Gasteiger partial charge in [-0.15, -0.1) is 0 Å². The molecule has 10 amide bonds. The second kappa shape index (κ2) is 38.9. The van der Waals surface area contributed by atoms with Gasteiger partial charge in [-0.25, -0.2) is 0 Å². The minimum atomic E-state index is -1.83. The van der Waals surface area contributed by atoms with Gasteiger partial charge in [-0.3, -0.25) is 52.7 Å². The van der Waals surface area contributed by atoms with Crippen LogP contribution in [-0.2, 0) is 72.0 Å². The summed E-state index contributed by atoms with van der Waals surface area (Å²) < 4.78 is 0. The second-order valence-corrected chi connectivity index (χ2v) is 22.6. The fourth-order valence-corrected chi connectivity index (χ4v) is 9.36. The normalized spacial score (nSPS) is 14.2. The molecule has 3 aromatic rings. The summed E-state index contributed by atoms with van der Waals surface area (Å²) in [5.74, 6) is -9.13. The highest BCUT2D eigenvalue weighted by molar-refractivity contribution is 7.98. The molecule has 3 aromatic carbocycles. The Morgan fingerprint density at radius 3 is 1.30 bits per heavy atom. The summed E-state index contributed by atoms with van der Waals surface area (Å²) in [5.41, 5.74) is 25.5. The Balaban J connectivity index is 1.96. The lowest BCUT2D eigenvalue weighted by atomic mass is 10.0. The van der Waals surface area contributed by atoms with Gasteiger partial charge >= 0.3 is 5.97 Å². The van der Waals surface area contributed by atoms with E-state index in [1.54, 1.807) is 72.8 Å². The van der Waals surface area contributed by atoms with Crippen molar-refractivity contribution in [1.82, 2.24) is 47.9 Å². The van der Waals surface area contributed by atoms with E-state index in [2.05, 4.69) is 47.9 Å². The van der Waals surface area contributed by atoms with E-state index in [0.717, 1.165) is 5.56 Å². The number of thioether (sulfide) groups is 1. The molecule has 0 spiro atoms. The molecule has 0 aliphatic heterocycles. The van der Waals surface area contributed by atoms with Crippen LogP contribution in [0.5, 0.6) is 0 Å². The van der Waals surface area contributed by atoms with Gasteiger partial charge in [0.2, 0.25) is 59.1 Å². The predicted octanol–water partition coefficient (Wildman–Crippen LogP) is -0.618. The first-order valence-corrected chi connectivity index (χ1v) is 30.3. The maximum atomic E-state index is 14.7. The fraction of sp³-hybridized carbons (Fsp3) is 0.517. The number of unbranched alkanes of at least 4 members (excludes halogenated alkanes) is 2. The number of benzene rings is 3. The zero-order valence-corrected chi connectivity index (χ0v) is 50.6. The number of carbonyl (C=O) groups excluding carboxylic acids is 10. The van der Waals surface area contributed by atoms with Crippen molar-refractivity contribution in [1.29, 1.82) is 0 Å². The zero-order valence-electron chi connectivity index (χ0n) is 49.8. The van der Waals surface area contributed by atoms with Crippen molar-refractivity contribution in [3.8, 4) is 0 Å². The van der Waals surface area contributed by atoms with Gasteiger partial charge in [0.05, 0.1) is 19.0 Å². The molecule has 0 aliphatic carbocycles. The van der Waals surface area contributed by atoms with Gasteiger partial charge in [0, 0.05) is 19.3 Å². The first-order chi connectivity index (χ1) is 40.9. The van der Waals surface area contributed by atoms with Crippen LogP contribution in [-0.4, -0.2) is 156 Å². The van der Waals surface area contributed by atoms with Crippen molar-refractivity contribution in [2.75, 3.05) is 31.6 Å². The third kappa shape index (κ3) is 27.4. The zero-order chi connectivity index (χ0) is 63.7. The molecule has 0 radical (unpaired) electrons. The molecule has 86 heavy (non-hydrogen) atoms. The monoisotopic (exact) mass is 1220 g/mol. The molecule has 0 heterocycles. The van der Waals surface area contributed by atoms with Crippen molar-refractivity contribution in [2.45, 2.75) is 159 Å². The first kappa shape index (κ1) is 72.3. The molecule has 0 saturated heterocycles. The van der Waals surface area contributed by atoms with E-state index in [1.165, 1.54) is 18.7 Å². The third-order valence-corrected chi connectivity index (χ3v) is 14.3. The number of hydrogen-bond donors (Lipinski definition) is 14. The SMILES string of the molecule is CSCC[C@H](NC(=O)[C@H](CC(C)C)NC(=O)CNC(=O)[C@H](Cc1ccc(C)cc1)NC(=O)[C@H](Cc1ccccc1)NC(=O)[C@H](CCCCN)NC(=O)[C@H](CC(=O)O)NC(=O)[C@H](Cc1ccccc1)NC(=O)[C@H](CCCCN)NC(=O)[C@H](C)N)C(N)=O. The topological polar surface area (TPSA) is 420 Å². The lowest BCUT2D eigenvalue weighted by Crippen LogP contribution is -2.60. The summed E-state index contributed by atoms with van der Waals surface area (Å²) in [5, 5.41) is 33.6. The van der Waals surface area contributed by atoms with Crippen LogP contribution in [0.1, 0.15) is 101 Å². The molecule has 26 heteroatoms. The van der Waals surface area contributed by atoms with Crippen LogP contribution in [0.4, 0.5) is 0 Å². The molecular formula is C60H89N13O12S. The number of carbonyl (C=O) groups is 11. The molecule has 472 valence electrons. The number of carboxylic acid groups (broad SMARTS) is 1. The maximum Gasteiger partial charge on any atom is 0.305 e. The average Bonchev–Trinajstić information content (AvgIpc) is 3.66. The maximum absolute atomic E-state index is 14.7. The Hall–Kier alpha value is -7.94. The first-order valence-electron chi connectivity index (χ1n) is 28.9. The highest BCUT2D eigenvalue weighted by Gasteiger charge is 2.35. The van der Waals surface area contributed by atoms with Gasteiger partial charge in [0.25, 0.3) is 0 Å². The van der Waals surface area contributed by atoms with E-state index in [0.29, 0.717) is 48.3 Å². The van der Waals surface area contributed by atoms with Crippen molar-refractivity contribution >= 4 is 76.8 Å². The number of rotatable bonds is 40. The number of aryl methyl sites for hydroxylation is 1. The molecule has 0 unspecified atom stereocenters. The van der Waals surface area contributed by atoms with Crippen LogP contribution in [0.3, 0.4) is 0 Å². The standard InChI is InChI=1S/C60H89N13O12S/c1-36(2)30-45(57(82)67-42(52(64)77)26-29-86-5)66-50(74)35-65-54(79)46(33-41-24-22-37(3)23-25-41)70-58(83)47(31-39-16-8-6-9-17-39)72-56(81)44(21-13-15-28-62)69-60(85)49(34-51(75)76)73-59(84)48(32-40-18-10-7-11-19-40)71-55(80)43(20-12-14-27-61)68-53(78)38(4)63/h6-11,16-19,22-25,36,38,42-49H,12-15,20-21,26-35,61-63H2,1-5H3,(H2,64,77)(H,65,79)(H,66,74)(H,67,82)(H,68,78)(H,69,85)(H,70,83)(H,71,80)(H,72,81)(H,73,84)(H,75,76)/t38-,42-,43-,44-,45-,46-,47-,48-,49-/m0/s1. The number of amides is 10. The van der Waals surface area contributed by atoms with Gasteiger partial charge in [0.15, 0.2) is 0 Å². The van der Waals surface area contributed by atoms with E-state index < -0.39 is 132 Å². The second-order valence-electron chi connectivity index (χ2n) is 21.6. The van der Waals surface area contributed by atoms with Crippen LogP contribution in [0.2, 0.25) is 0 Å². The van der Waals surface area contributed by atoms with Crippen LogP contribution in [0.15, 0.2) is 84.9 Å². The molecule has 0 fully saturated rings. The quantitative estimate of drug-likeness (QED) is 0.0316. The third-order valence-electron chi connectivity index (χ3n) is 13.7. The number of nitrogens with one attached hydrogen (secondary N) is 9.